The zero-order valence-electron chi connectivity index (χ0n) is 12.7. The van der Waals surface area contributed by atoms with Gasteiger partial charge in [0.2, 0.25) is 5.78 Å². The van der Waals surface area contributed by atoms with Gasteiger partial charge in [-0.05, 0) is 32.0 Å². The minimum Gasteiger partial charge on any atom is -0.330 e. The van der Waals surface area contributed by atoms with Gasteiger partial charge in [-0.1, -0.05) is 23.2 Å². The molecule has 0 bridgehead atoms. The van der Waals surface area contributed by atoms with Crippen molar-refractivity contribution in [3.8, 4) is 0 Å². The highest BCUT2D eigenvalue weighted by atomic mass is 35.5. The Balaban J connectivity index is 3.18. The van der Waals surface area contributed by atoms with Crippen LogP contribution in [0.15, 0.2) is 18.2 Å². The second-order valence-corrected chi connectivity index (χ2v) is 7.37. The molecule has 0 saturated heterocycles. The van der Waals surface area contributed by atoms with Crippen molar-refractivity contribution in [3.05, 3.63) is 33.8 Å². The summed E-state index contributed by atoms with van der Waals surface area (Å²) in [6.07, 6.45) is -5.06. The molecule has 0 heterocycles. The van der Waals surface area contributed by atoms with Gasteiger partial charge in [-0.2, -0.15) is 13.2 Å². The number of amides is 1. The number of alkyl halides is 3. The molecule has 5 nitrogen and oxygen atoms in total. The lowest BCUT2D eigenvalue weighted by atomic mass is 10.2. The van der Waals surface area contributed by atoms with Crippen LogP contribution in [0, 0.1) is 0 Å². The number of hydrogen-bond acceptors (Lipinski definition) is 4. The van der Waals surface area contributed by atoms with Gasteiger partial charge in [0.1, 0.15) is 0 Å². The summed E-state index contributed by atoms with van der Waals surface area (Å²) < 4.78 is 61.7. The van der Waals surface area contributed by atoms with E-state index in [1.807, 2.05) is 0 Å². The van der Waals surface area contributed by atoms with Crippen molar-refractivity contribution >= 4 is 36.7 Å². The molecule has 0 aliphatic rings. The van der Waals surface area contributed by atoms with Crippen molar-refractivity contribution in [1.29, 1.82) is 0 Å². The molecule has 1 amide bonds. The molecule has 0 radical (unpaired) electrons. The van der Waals surface area contributed by atoms with E-state index in [2.05, 4.69) is 9.05 Å². The second kappa shape index (κ2) is 8.54. The SMILES string of the molecule is CCOP(=O)(OCC)[C@@H](NC(=O)c1ccc(Cl)cc1Cl)C(F)(F)F. The zero-order valence-corrected chi connectivity index (χ0v) is 15.1. The number of nitrogens with one attached hydrogen (secondary N) is 1. The van der Waals surface area contributed by atoms with Crippen molar-refractivity contribution in [1.82, 2.24) is 5.32 Å². The zero-order chi connectivity index (χ0) is 18.5. The average molecular weight is 408 g/mol. The maximum atomic E-state index is 13.3. The largest absolute Gasteiger partial charge is 0.420 e. The number of carbonyl (C=O) groups is 1. The standard InChI is InChI=1S/C13H15Cl2F3NO4P/c1-3-22-24(21,23-4-2)12(13(16,17)18)19-11(20)9-6-5-8(14)7-10(9)15/h5-7,12H,3-4H2,1-2H3,(H,19,20)/t12-/m1/s1. The van der Waals surface area contributed by atoms with Crippen LogP contribution in [0.25, 0.3) is 0 Å². The second-order valence-electron chi connectivity index (χ2n) is 4.42. The molecule has 0 fully saturated rings. The molecule has 1 aromatic carbocycles. The Hall–Kier alpha value is -0.790. The van der Waals surface area contributed by atoms with E-state index < -0.39 is 25.5 Å². The quantitative estimate of drug-likeness (QED) is 0.654. The van der Waals surface area contributed by atoms with E-state index in [9.17, 15) is 22.5 Å². The summed E-state index contributed by atoms with van der Waals surface area (Å²) in [5.74, 6) is -4.01. The molecule has 0 aliphatic carbocycles. The molecule has 11 heteroatoms. The first-order valence-electron chi connectivity index (χ1n) is 6.76. The Morgan fingerprint density at radius 2 is 1.79 bits per heavy atom. The summed E-state index contributed by atoms with van der Waals surface area (Å²) in [6.45, 7) is 2.14. The molecule has 0 aromatic heterocycles. The summed E-state index contributed by atoms with van der Waals surface area (Å²) in [6, 6.07) is 3.64. The van der Waals surface area contributed by atoms with Crippen LogP contribution in [0.1, 0.15) is 24.2 Å². The summed E-state index contributed by atoms with van der Waals surface area (Å²) in [7, 11) is -4.68. The lowest BCUT2D eigenvalue weighted by Gasteiger charge is -2.28. The van der Waals surface area contributed by atoms with Crippen LogP contribution < -0.4 is 5.32 Å². The Labute approximate surface area is 146 Å². The van der Waals surface area contributed by atoms with E-state index in [-0.39, 0.29) is 28.8 Å². The molecule has 0 spiro atoms. The minimum atomic E-state index is -5.06. The molecular weight excluding hydrogens is 393 g/mol. The molecule has 1 atom stereocenters. The Kier molecular flexibility index (Phi) is 7.56. The highest BCUT2D eigenvalue weighted by Crippen LogP contribution is 2.57. The van der Waals surface area contributed by atoms with E-state index in [4.69, 9.17) is 23.2 Å². The lowest BCUT2D eigenvalue weighted by molar-refractivity contribution is -0.139. The fraction of sp³-hybridized carbons (Fsp3) is 0.462. The van der Waals surface area contributed by atoms with E-state index in [0.29, 0.717) is 0 Å². The fourth-order valence-electron chi connectivity index (χ4n) is 1.76. The third kappa shape index (κ3) is 5.36. The maximum Gasteiger partial charge on any atom is 0.420 e. The van der Waals surface area contributed by atoms with Crippen molar-refractivity contribution < 1.29 is 31.6 Å². The molecule has 1 rings (SSSR count). The van der Waals surface area contributed by atoms with Gasteiger partial charge in [-0.25, -0.2) is 0 Å². The lowest BCUT2D eigenvalue weighted by Crippen LogP contribution is -2.46. The van der Waals surface area contributed by atoms with Crippen LogP contribution in [0.4, 0.5) is 13.2 Å². The van der Waals surface area contributed by atoms with Gasteiger partial charge in [0, 0.05) is 5.02 Å². The summed E-state index contributed by atoms with van der Waals surface area (Å²) in [5.41, 5.74) is -0.255. The predicted octanol–water partition coefficient (Wildman–Crippen LogP) is 4.88. The first kappa shape index (κ1) is 21.3. The number of halogens is 5. The minimum absolute atomic E-state index is 0.149. The summed E-state index contributed by atoms with van der Waals surface area (Å²) in [4.78, 5) is 12.1. The Morgan fingerprint density at radius 3 is 2.21 bits per heavy atom. The average Bonchev–Trinajstić information content (AvgIpc) is 2.43. The monoisotopic (exact) mass is 407 g/mol. The fourth-order valence-corrected chi connectivity index (χ4v) is 3.98. The predicted molar refractivity (Wildman–Crippen MR) is 84.6 cm³/mol. The Morgan fingerprint density at radius 1 is 1.25 bits per heavy atom. The van der Waals surface area contributed by atoms with Gasteiger partial charge < -0.3 is 14.4 Å². The molecule has 136 valence electrons. The third-order valence-electron chi connectivity index (χ3n) is 2.69. The highest BCUT2D eigenvalue weighted by Gasteiger charge is 2.55. The van der Waals surface area contributed by atoms with Crippen LogP contribution in [0.2, 0.25) is 10.0 Å². The molecule has 1 aromatic rings. The summed E-state index contributed by atoms with van der Waals surface area (Å²) >= 11 is 11.5. The van der Waals surface area contributed by atoms with Gasteiger partial charge in [0.15, 0.2) is 0 Å². The van der Waals surface area contributed by atoms with Gasteiger partial charge in [0.05, 0.1) is 23.8 Å². The van der Waals surface area contributed by atoms with Gasteiger partial charge in [-0.15, -0.1) is 0 Å². The first-order valence-corrected chi connectivity index (χ1v) is 9.13. The normalized spacial score (nSPS) is 13.6. The topological polar surface area (TPSA) is 64.6 Å². The van der Waals surface area contributed by atoms with E-state index in [0.717, 1.165) is 6.07 Å². The number of hydrogen-bond donors (Lipinski definition) is 1. The Bertz CT molecular complexity index is 632. The summed E-state index contributed by atoms with van der Waals surface area (Å²) in [5, 5.41) is 1.70. The van der Waals surface area contributed by atoms with Crippen molar-refractivity contribution in [2.75, 3.05) is 13.2 Å². The number of rotatable bonds is 7. The van der Waals surface area contributed by atoms with Crippen molar-refractivity contribution in [3.63, 3.8) is 0 Å². The maximum absolute atomic E-state index is 13.3. The molecule has 24 heavy (non-hydrogen) atoms. The molecular formula is C13H15Cl2F3NO4P. The van der Waals surface area contributed by atoms with Gasteiger partial charge in [-0.3, -0.25) is 9.36 Å². The van der Waals surface area contributed by atoms with Crippen LogP contribution in [0.5, 0.6) is 0 Å². The first-order chi connectivity index (χ1) is 11.0. The van der Waals surface area contributed by atoms with Crippen molar-refractivity contribution in [2.45, 2.75) is 25.8 Å². The van der Waals surface area contributed by atoms with Crippen molar-refractivity contribution in [2.24, 2.45) is 0 Å². The molecule has 0 unspecified atom stereocenters. The van der Waals surface area contributed by atoms with Crippen LogP contribution >= 0.6 is 30.8 Å². The van der Waals surface area contributed by atoms with Crippen LogP contribution in [-0.2, 0) is 13.6 Å². The smallest absolute Gasteiger partial charge is 0.330 e. The van der Waals surface area contributed by atoms with Crippen LogP contribution in [-0.4, -0.2) is 31.1 Å². The number of benzene rings is 1. The van der Waals surface area contributed by atoms with Gasteiger partial charge in [0.25, 0.3) is 5.91 Å². The molecule has 0 saturated carbocycles. The van der Waals surface area contributed by atoms with E-state index >= 15 is 0 Å². The molecule has 0 aliphatic heterocycles. The highest BCUT2D eigenvalue weighted by molar-refractivity contribution is 7.54. The molecule has 1 N–H and O–H groups in total. The van der Waals surface area contributed by atoms with E-state index in [1.54, 1.807) is 5.32 Å². The number of carbonyl (C=O) groups excluding carboxylic acids is 1. The van der Waals surface area contributed by atoms with Gasteiger partial charge >= 0.3 is 13.8 Å². The third-order valence-corrected chi connectivity index (χ3v) is 5.53. The van der Waals surface area contributed by atoms with Crippen LogP contribution in [0.3, 0.4) is 0 Å². The van der Waals surface area contributed by atoms with E-state index in [1.165, 1.54) is 26.0 Å².